The summed E-state index contributed by atoms with van der Waals surface area (Å²) in [4.78, 5) is 12.7. The number of carbonyl (C=O) groups is 1. The van der Waals surface area contributed by atoms with Gasteiger partial charge in [-0.05, 0) is 41.2 Å². The predicted octanol–water partition coefficient (Wildman–Crippen LogP) is 3.14. The lowest BCUT2D eigenvalue weighted by atomic mass is 9.86. The molecule has 0 saturated carbocycles. The maximum atomic E-state index is 12.7. The van der Waals surface area contributed by atoms with Crippen molar-refractivity contribution >= 4 is 21.6 Å². The molecule has 0 radical (unpaired) electrons. The molecule has 0 unspecified atom stereocenters. The second-order valence-corrected chi connectivity index (χ2v) is 10.4. The number of ether oxygens (including phenoxy) is 1. The quantitative estimate of drug-likeness (QED) is 0.831. The van der Waals surface area contributed by atoms with Crippen LogP contribution in [0, 0.1) is 6.92 Å². The first kappa shape index (κ1) is 21.2. The molecule has 156 valence electrons. The van der Waals surface area contributed by atoms with Gasteiger partial charge in [-0.2, -0.15) is 0 Å². The highest BCUT2D eigenvalue weighted by molar-refractivity contribution is 7.92. The van der Waals surface area contributed by atoms with Crippen LogP contribution in [0.3, 0.4) is 0 Å². The lowest BCUT2D eigenvalue weighted by Gasteiger charge is -2.35. The Bertz CT molecular complexity index is 1030. The average molecular weight is 417 g/mol. The fraction of sp³-hybridized carbons (Fsp3) is 0.409. The summed E-state index contributed by atoms with van der Waals surface area (Å²) >= 11 is 0. The molecule has 0 saturated heterocycles. The van der Waals surface area contributed by atoms with Crippen molar-refractivity contribution in [3.63, 3.8) is 0 Å². The number of carbonyl (C=O) groups excluding carboxylic acids is 1. The smallest absolute Gasteiger partial charge is 0.263 e. The van der Waals surface area contributed by atoms with Gasteiger partial charge in [-0.3, -0.25) is 9.10 Å². The maximum absolute atomic E-state index is 12.7. The molecule has 1 heterocycles. The molecule has 3 rings (SSSR count). The third-order valence-corrected chi connectivity index (χ3v) is 6.25. The summed E-state index contributed by atoms with van der Waals surface area (Å²) in [6, 6.07) is 13.3. The molecule has 0 aliphatic carbocycles. The normalized spacial score (nSPS) is 16.7. The van der Waals surface area contributed by atoms with Crippen LogP contribution in [-0.4, -0.2) is 33.2 Å². The molecule has 7 heteroatoms. The third kappa shape index (κ3) is 4.72. The van der Waals surface area contributed by atoms with E-state index in [9.17, 15) is 13.2 Å². The molecule has 0 fully saturated rings. The summed E-state index contributed by atoms with van der Waals surface area (Å²) in [7, 11) is -3.57. The Morgan fingerprint density at radius 3 is 2.52 bits per heavy atom. The Balaban J connectivity index is 1.85. The van der Waals surface area contributed by atoms with Crippen LogP contribution < -0.4 is 14.4 Å². The van der Waals surface area contributed by atoms with Gasteiger partial charge in [-0.25, -0.2) is 8.42 Å². The Hall–Kier alpha value is -2.54. The first-order valence-corrected chi connectivity index (χ1v) is 11.4. The van der Waals surface area contributed by atoms with E-state index in [0.717, 1.165) is 22.9 Å². The highest BCUT2D eigenvalue weighted by Gasteiger charge is 2.35. The summed E-state index contributed by atoms with van der Waals surface area (Å²) in [6.07, 6.45) is 0.232. The summed E-state index contributed by atoms with van der Waals surface area (Å²) in [5, 5.41) is 2.86. The van der Waals surface area contributed by atoms with Crippen molar-refractivity contribution in [3.05, 3.63) is 59.2 Å². The number of hydrogen-bond donors (Lipinski definition) is 1. The van der Waals surface area contributed by atoms with Gasteiger partial charge in [0, 0.05) is 6.54 Å². The van der Waals surface area contributed by atoms with Crippen LogP contribution in [0.5, 0.6) is 5.75 Å². The van der Waals surface area contributed by atoms with Gasteiger partial charge in [0.25, 0.3) is 5.91 Å². The molecule has 6 nitrogen and oxygen atoms in total. The second kappa shape index (κ2) is 7.71. The van der Waals surface area contributed by atoms with Crippen molar-refractivity contribution in [3.8, 4) is 5.75 Å². The number of nitrogens with zero attached hydrogens (tertiary/aromatic N) is 1. The van der Waals surface area contributed by atoms with Gasteiger partial charge < -0.3 is 10.1 Å². The van der Waals surface area contributed by atoms with Gasteiger partial charge in [0.15, 0.2) is 6.10 Å². The molecule has 0 spiro atoms. The lowest BCUT2D eigenvalue weighted by Crippen LogP contribution is -2.50. The van der Waals surface area contributed by atoms with Crippen molar-refractivity contribution in [2.24, 2.45) is 0 Å². The number of amides is 1. The van der Waals surface area contributed by atoms with E-state index in [1.807, 2.05) is 43.3 Å². The van der Waals surface area contributed by atoms with Crippen LogP contribution in [0.1, 0.15) is 37.5 Å². The van der Waals surface area contributed by atoms with Crippen molar-refractivity contribution < 1.29 is 17.9 Å². The van der Waals surface area contributed by atoms with Gasteiger partial charge >= 0.3 is 0 Å². The fourth-order valence-corrected chi connectivity index (χ4v) is 4.18. The minimum Gasteiger partial charge on any atom is -0.476 e. The largest absolute Gasteiger partial charge is 0.476 e. The molecule has 1 N–H and O–H groups in total. The molecular formula is C22H28N2O4S. The van der Waals surface area contributed by atoms with Crippen LogP contribution in [0.25, 0.3) is 0 Å². The first-order chi connectivity index (χ1) is 13.5. The summed E-state index contributed by atoms with van der Waals surface area (Å²) in [6.45, 7) is 8.47. The number of anilines is 1. The Labute approximate surface area is 172 Å². The van der Waals surface area contributed by atoms with E-state index >= 15 is 0 Å². The second-order valence-electron chi connectivity index (χ2n) is 8.48. The van der Waals surface area contributed by atoms with Crippen LogP contribution in [-0.2, 0) is 26.8 Å². The standard InChI is InChI=1S/C22H28N2O4S/c1-15-8-6-7-9-16(15)13-23-21(25)20-14-24(29(5,26)27)18-12-17(22(2,3)4)10-11-19(18)28-20/h6-12,20H,13-14H2,1-5H3,(H,23,25)/t20-/m1/s1. The highest BCUT2D eigenvalue weighted by atomic mass is 32.2. The monoisotopic (exact) mass is 416 g/mol. The van der Waals surface area contributed by atoms with Crippen molar-refractivity contribution in [2.45, 2.75) is 45.8 Å². The average Bonchev–Trinajstić information content (AvgIpc) is 2.64. The van der Waals surface area contributed by atoms with Gasteiger partial charge in [-0.1, -0.05) is 51.1 Å². The molecule has 1 aliphatic rings. The summed E-state index contributed by atoms with van der Waals surface area (Å²) in [5.74, 6) is 0.0539. The predicted molar refractivity (Wildman–Crippen MR) is 115 cm³/mol. The number of benzene rings is 2. The molecule has 1 amide bonds. The van der Waals surface area contributed by atoms with E-state index in [1.165, 1.54) is 4.31 Å². The minimum absolute atomic E-state index is 0.0565. The number of sulfonamides is 1. The third-order valence-electron chi connectivity index (χ3n) is 5.10. The zero-order valence-corrected chi connectivity index (χ0v) is 18.3. The highest BCUT2D eigenvalue weighted by Crippen LogP contribution is 2.38. The van der Waals surface area contributed by atoms with Crippen molar-refractivity contribution in [1.29, 1.82) is 0 Å². The van der Waals surface area contributed by atoms with Crippen molar-refractivity contribution in [2.75, 3.05) is 17.1 Å². The van der Waals surface area contributed by atoms with Crippen LogP contribution in [0.4, 0.5) is 5.69 Å². The van der Waals surface area contributed by atoms with E-state index in [0.29, 0.717) is 18.0 Å². The zero-order chi connectivity index (χ0) is 21.4. The van der Waals surface area contributed by atoms with Crippen LogP contribution in [0.15, 0.2) is 42.5 Å². The number of hydrogen-bond acceptors (Lipinski definition) is 4. The van der Waals surface area contributed by atoms with E-state index in [1.54, 1.807) is 6.07 Å². The van der Waals surface area contributed by atoms with Crippen molar-refractivity contribution in [1.82, 2.24) is 5.32 Å². The fourth-order valence-electron chi connectivity index (χ4n) is 3.27. The van der Waals surface area contributed by atoms with E-state index in [4.69, 9.17) is 4.74 Å². The van der Waals surface area contributed by atoms with Gasteiger partial charge in [0.2, 0.25) is 10.0 Å². The van der Waals surface area contributed by atoms with Crippen LogP contribution >= 0.6 is 0 Å². The molecule has 29 heavy (non-hydrogen) atoms. The minimum atomic E-state index is -3.57. The molecule has 0 bridgehead atoms. The number of aryl methyl sites for hydroxylation is 1. The summed E-state index contributed by atoms with van der Waals surface area (Å²) in [5.41, 5.74) is 3.42. The Morgan fingerprint density at radius 1 is 1.21 bits per heavy atom. The lowest BCUT2D eigenvalue weighted by molar-refractivity contribution is -0.127. The van der Waals surface area contributed by atoms with Gasteiger partial charge in [-0.15, -0.1) is 0 Å². The van der Waals surface area contributed by atoms with Crippen LogP contribution in [0.2, 0.25) is 0 Å². The molecule has 2 aromatic rings. The first-order valence-electron chi connectivity index (χ1n) is 9.58. The number of rotatable bonds is 4. The Morgan fingerprint density at radius 2 is 1.90 bits per heavy atom. The maximum Gasteiger partial charge on any atom is 0.263 e. The number of nitrogens with one attached hydrogen (secondary N) is 1. The topological polar surface area (TPSA) is 75.7 Å². The zero-order valence-electron chi connectivity index (χ0n) is 17.5. The Kier molecular flexibility index (Phi) is 5.63. The number of fused-ring (bicyclic) bond motifs is 1. The van der Waals surface area contributed by atoms with E-state index < -0.39 is 16.1 Å². The SMILES string of the molecule is Cc1ccccc1CNC(=O)[C@H]1CN(S(C)(=O)=O)c2cc(C(C)(C)C)ccc2O1. The molecular weight excluding hydrogens is 388 g/mol. The summed E-state index contributed by atoms with van der Waals surface area (Å²) < 4.78 is 32.0. The van der Waals surface area contributed by atoms with Gasteiger partial charge in [0.1, 0.15) is 5.75 Å². The molecule has 0 aromatic heterocycles. The molecule has 1 aliphatic heterocycles. The van der Waals surface area contributed by atoms with Gasteiger partial charge in [0.05, 0.1) is 18.5 Å². The van der Waals surface area contributed by atoms with E-state index in [2.05, 4.69) is 26.1 Å². The van der Waals surface area contributed by atoms with E-state index in [-0.39, 0.29) is 17.9 Å². The molecule has 2 aromatic carbocycles. The molecule has 1 atom stereocenters.